The van der Waals surface area contributed by atoms with Crippen molar-refractivity contribution in [3.05, 3.63) is 58.7 Å². The van der Waals surface area contributed by atoms with Gasteiger partial charge < -0.3 is 10.4 Å². The molecule has 0 aromatic heterocycles. The number of benzene rings is 2. The van der Waals surface area contributed by atoms with Crippen LogP contribution >= 0.6 is 0 Å². The molecule has 0 spiro atoms. The third-order valence-electron chi connectivity index (χ3n) is 8.58. The van der Waals surface area contributed by atoms with Crippen molar-refractivity contribution >= 4 is 31.3 Å². The highest BCUT2D eigenvalue weighted by atomic mass is 32.2. The van der Waals surface area contributed by atoms with E-state index in [1.165, 1.54) is 34.6 Å². The molecular weight excluding hydrogens is 550 g/mol. The Kier molecular flexibility index (Phi) is 7.60. The van der Waals surface area contributed by atoms with Crippen LogP contribution in [0.2, 0.25) is 0 Å². The predicted octanol–water partition coefficient (Wildman–Crippen LogP) is 4.72. The van der Waals surface area contributed by atoms with Crippen molar-refractivity contribution in [2.45, 2.75) is 68.4 Å². The Bertz CT molecular complexity index is 1470. The normalized spacial score (nSPS) is 29.8. The van der Waals surface area contributed by atoms with E-state index in [1.807, 2.05) is 13.8 Å². The van der Waals surface area contributed by atoms with Gasteiger partial charge >= 0.3 is 0 Å². The molecular formula is C29H37N3O6S2. The van der Waals surface area contributed by atoms with E-state index in [9.17, 15) is 27.3 Å². The number of piperidine rings is 1. The third-order valence-corrected chi connectivity index (χ3v) is 12.6. The largest absolute Gasteiger partial charge is 0.410 e. The van der Waals surface area contributed by atoms with Gasteiger partial charge in [0.15, 0.2) is 9.84 Å². The Morgan fingerprint density at radius 2 is 1.10 bits per heavy atom. The summed E-state index contributed by atoms with van der Waals surface area (Å²) < 4.78 is 56.2. The van der Waals surface area contributed by atoms with Crippen molar-refractivity contribution in [1.82, 2.24) is 4.31 Å². The number of sulfone groups is 1. The topological polar surface area (TPSA) is 137 Å². The number of nitrogens with zero attached hydrogens (tertiary/aromatic N) is 3. The van der Waals surface area contributed by atoms with E-state index >= 15 is 0 Å². The Morgan fingerprint density at radius 3 is 1.62 bits per heavy atom. The number of fused-ring (bicyclic) bond motifs is 2. The van der Waals surface area contributed by atoms with E-state index in [1.54, 1.807) is 6.07 Å². The molecule has 5 atom stereocenters. The number of rotatable bonds is 4. The molecule has 2 aliphatic carbocycles. The van der Waals surface area contributed by atoms with Crippen molar-refractivity contribution in [2.75, 3.05) is 13.1 Å². The van der Waals surface area contributed by atoms with Gasteiger partial charge in [-0.15, -0.1) is 0 Å². The highest BCUT2D eigenvalue weighted by Crippen LogP contribution is 2.38. The molecule has 2 N–H and O–H groups in total. The fourth-order valence-corrected chi connectivity index (χ4v) is 10.8. The standard InChI is InChI=1S/C29H37N3O6S2/c1-17-9-18(2)12-23(11-17)39(35,36)21-5-7-24-26(13-21)29(31-34)27-14-22(6-8-25(27)28(24)30-33)40(37,38)32-15-19(3)10-20(4)16-32/h5-8,13-14,17-20,23,33-34H,9-12,15-16H2,1-4H3/b30-28-,31-29+/t17-,18+,19-,20+,23?. The van der Waals surface area contributed by atoms with Crippen LogP contribution in [0.3, 0.4) is 0 Å². The molecule has 1 aliphatic heterocycles. The third kappa shape index (κ3) is 4.96. The fourth-order valence-electron chi connectivity index (χ4n) is 6.96. The van der Waals surface area contributed by atoms with Crippen LogP contribution < -0.4 is 0 Å². The Balaban J connectivity index is 1.58. The van der Waals surface area contributed by atoms with E-state index in [-0.39, 0.29) is 44.2 Å². The summed E-state index contributed by atoms with van der Waals surface area (Å²) >= 11 is 0. The van der Waals surface area contributed by atoms with Gasteiger partial charge in [0.25, 0.3) is 0 Å². The molecule has 2 fully saturated rings. The maximum Gasteiger partial charge on any atom is 0.243 e. The van der Waals surface area contributed by atoms with Crippen molar-refractivity contribution in [2.24, 2.45) is 34.0 Å². The summed E-state index contributed by atoms with van der Waals surface area (Å²) in [6.07, 6.45) is 3.09. The van der Waals surface area contributed by atoms with Crippen LogP contribution in [-0.2, 0) is 19.9 Å². The van der Waals surface area contributed by atoms with Crippen LogP contribution in [0.25, 0.3) is 0 Å². The highest BCUT2D eigenvalue weighted by Gasteiger charge is 2.37. The first-order valence-electron chi connectivity index (χ1n) is 13.8. The SMILES string of the molecule is C[C@@H]1CC(S(=O)(=O)c2ccc3c(c2)/C(=N\O)c2cc(S(=O)(=O)N4C[C@H](C)C[C@H](C)C4)ccc2/C3=N\O)C[C@H](C)C1. The van der Waals surface area contributed by atoms with Gasteiger partial charge in [-0.3, -0.25) is 0 Å². The first-order chi connectivity index (χ1) is 18.9. The molecule has 0 amide bonds. The molecule has 2 aromatic carbocycles. The van der Waals surface area contributed by atoms with E-state index in [0.29, 0.717) is 48.9 Å². The maximum absolute atomic E-state index is 13.7. The van der Waals surface area contributed by atoms with Gasteiger partial charge in [0.1, 0.15) is 11.4 Å². The lowest BCUT2D eigenvalue weighted by molar-refractivity contribution is 0.222. The monoisotopic (exact) mass is 587 g/mol. The predicted molar refractivity (Wildman–Crippen MR) is 153 cm³/mol. The molecule has 1 heterocycles. The number of hydrogen-bond donors (Lipinski definition) is 2. The average Bonchev–Trinajstić information content (AvgIpc) is 2.89. The van der Waals surface area contributed by atoms with Crippen molar-refractivity contribution < 1.29 is 27.3 Å². The van der Waals surface area contributed by atoms with E-state index in [0.717, 1.165) is 12.8 Å². The first-order valence-corrected chi connectivity index (χ1v) is 16.8. The Morgan fingerprint density at radius 1 is 0.650 bits per heavy atom. The minimum absolute atomic E-state index is 0.0252. The van der Waals surface area contributed by atoms with Gasteiger partial charge in [0.2, 0.25) is 10.0 Å². The van der Waals surface area contributed by atoms with Gasteiger partial charge in [-0.2, -0.15) is 4.31 Å². The van der Waals surface area contributed by atoms with Crippen LogP contribution in [0, 0.1) is 23.7 Å². The van der Waals surface area contributed by atoms with Crippen molar-refractivity contribution in [1.29, 1.82) is 0 Å². The van der Waals surface area contributed by atoms with Gasteiger partial charge in [-0.1, -0.05) is 50.1 Å². The quantitative estimate of drug-likeness (QED) is 0.335. The molecule has 5 rings (SSSR count). The zero-order valence-corrected chi connectivity index (χ0v) is 24.9. The minimum Gasteiger partial charge on any atom is -0.410 e. The molecule has 0 radical (unpaired) electrons. The van der Waals surface area contributed by atoms with Crippen LogP contribution in [0.5, 0.6) is 0 Å². The van der Waals surface area contributed by atoms with Gasteiger partial charge in [-0.05, 0) is 73.6 Å². The van der Waals surface area contributed by atoms with Gasteiger partial charge in [0, 0.05) is 35.3 Å². The van der Waals surface area contributed by atoms with Gasteiger partial charge in [0.05, 0.1) is 15.0 Å². The van der Waals surface area contributed by atoms with Crippen LogP contribution in [-0.4, -0.2) is 61.3 Å². The summed E-state index contributed by atoms with van der Waals surface area (Å²) in [5, 5.41) is 26.6. The summed E-state index contributed by atoms with van der Waals surface area (Å²) in [5.41, 5.74) is 1.45. The summed E-state index contributed by atoms with van der Waals surface area (Å²) in [7, 11) is -7.55. The number of sulfonamides is 1. The molecule has 1 saturated carbocycles. The molecule has 40 heavy (non-hydrogen) atoms. The van der Waals surface area contributed by atoms with Crippen LogP contribution in [0.1, 0.15) is 75.6 Å². The van der Waals surface area contributed by atoms with Crippen molar-refractivity contribution in [3.8, 4) is 0 Å². The molecule has 216 valence electrons. The lowest BCUT2D eigenvalue weighted by Crippen LogP contribution is -2.42. The highest BCUT2D eigenvalue weighted by molar-refractivity contribution is 7.92. The summed E-state index contributed by atoms with van der Waals surface area (Å²) in [6, 6.07) is 8.94. The van der Waals surface area contributed by atoms with E-state index < -0.39 is 25.1 Å². The van der Waals surface area contributed by atoms with Gasteiger partial charge in [-0.25, -0.2) is 16.8 Å². The lowest BCUT2D eigenvalue weighted by atomic mass is 9.83. The summed E-state index contributed by atoms with van der Waals surface area (Å²) in [6.45, 7) is 9.02. The second-order valence-electron chi connectivity index (χ2n) is 12.2. The maximum atomic E-state index is 13.7. The molecule has 1 saturated heterocycles. The molecule has 11 heteroatoms. The van der Waals surface area contributed by atoms with Crippen LogP contribution in [0.4, 0.5) is 0 Å². The Hall–Kier alpha value is -2.76. The number of hydrogen-bond acceptors (Lipinski definition) is 8. The van der Waals surface area contributed by atoms with E-state index in [4.69, 9.17) is 0 Å². The number of oxime groups is 2. The van der Waals surface area contributed by atoms with E-state index in [2.05, 4.69) is 24.2 Å². The zero-order valence-electron chi connectivity index (χ0n) is 23.3. The summed E-state index contributed by atoms with van der Waals surface area (Å²) in [5.74, 6) is 1.03. The molecule has 9 nitrogen and oxygen atoms in total. The molecule has 2 aromatic rings. The molecule has 3 aliphatic rings. The minimum atomic E-state index is -3.85. The Labute approximate surface area is 236 Å². The summed E-state index contributed by atoms with van der Waals surface area (Å²) in [4.78, 5) is 0.128. The lowest BCUT2D eigenvalue weighted by Gasteiger charge is -2.34. The second kappa shape index (κ2) is 10.6. The molecule has 0 bridgehead atoms. The first kappa shape index (κ1) is 28.8. The fraction of sp³-hybridized carbons (Fsp3) is 0.517. The van der Waals surface area contributed by atoms with Crippen molar-refractivity contribution in [3.63, 3.8) is 0 Å². The smallest absolute Gasteiger partial charge is 0.243 e. The zero-order chi connectivity index (χ0) is 29.0. The van der Waals surface area contributed by atoms with Crippen LogP contribution in [0.15, 0.2) is 56.5 Å². The molecule has 1 unspecified atom stereocenters. The average molecular weight is 588 g/mol. The second-order valence-corrected chi connectivity index (χ2v) is 16.3.